The Bertz CT molecular complexity index is 668. The molecule has 19 heavy (non-hydrogen) atoms. The van der Waals surface area contributed by atoms with Crippen LogP contribution in [0.25, 0.3) is 0 Å². The zero-order valence-corrected chi connectivity index (χ0v) is 11.0. The molecule has 0 aliphatic heterocycles. The third-order valence-electron chi connectivity index (χ3n) is 2.69. The smallest absolute Gasteiger partial charge is 0.245 e. The first-order valence-corrected chi connectivity index (χ1v) is 6.88. The van der Waals surface area contributed by atoms with Crippen LogP contribution < -0.4 is 5.73 Å². The second-order valence-corrected chi connectivity index (χ2v) is 6.06. The number of sulfonamides is 1. The van der Waals surface area contributed by atoms with Gasteiger partial charge in [0, 0.05) is 19.2 Å². The van der Waals surface area contributed by atoms with Gasteiger partial charge >= 0.3 is 0 Å². The van der Waals surface area contributed by atoms with Gasteiger partial charge in [-0.3, -0.25) is 0 Å². The number of nitrogen functional groups attached to an aromatic ring is 1. The predicted molar refractivity (Wildman–Crippen MR) is 68.2 cm³/mol. The second-order valence-electron chi connectivity index (χ2n) is 4.04. The molecular weight excluding hydrogens is 271 g/mol. The summed E-state index contributed by atoms with van der Waals surface area (Å²) in [5.41, 5.74) is 5.80. The quantitative estimate of drug-likeness (QED) is 0.869. The third kappa shape index (κ3) is 2.61. The molecule has 0 saturated heterocycles. The number of furan rings is 1. The standard InChI is InChI=1S/C12H13FN2O3S/c1-15(7-9-5-6-18-8-9)19(16,17)11-4-2-3-10(13)12(11)14/h2-6,8H,7,14H2,1H3. The first kappa shape index (κ1) is 13.6. The molecule has 1 heterocycles. The van der Waals surface area contributed by atoms with E-state index in [9.17, 15) is 12.8 Å². The molecule has 2 rings (SSSR count). The van der Waals surface area contributed by atoms with E-state index in [1.165, 1.54) is 31.7 Å². The van der Waals surface area contributed by atoms with Crippen LogP contribution in [0.3, 0.4) is 0 Å². The fourth-order valence-corrected chi connectivity index (χ4v) is 2.92. The molecule has 2 N–H and O–H groups in total. The highest BCUT2D eigenvalue weighted by Gasteiger charge is 2.24. The lowest BCUT2D eigenvalue weighted by Gasteiger charge is -2.17. The van der Waals surface area contributed by atoms with E-state index in [-0.39, 0.29) is 17.1 Å². The van der Waals surface area contributed by atoms with E-state index in [1.807, 2.05) is 0 Å². The molecule has 5 nitrogen and oxygen atoms in total. The SMILES string of the molecule is CN(Cc1ccoc1)S(=O)(=O)c1cccc(F)c1N. The summed E-state index contributed by atoms with van der Waals surface area (Å²) in [4.78, 5) is -0.238. The molecule has 0 amide bonds. The molecule has 0 radical (unpaired) electrons. The van der Waals surface area contributed by atoms with Crippen LogP contribution in [-0.2, 0) is 16.6 Å². The summed E-state index contributed by atoms with van der Waals surface area (Å²) < 4.78 is 43.8. The maximum atomic E-state index is 13.3. The van der Waals surface area contributed by atoms with E-state index in [2.05, 4.69) is 0 Å². The van der Waals surface area contributed by atoms with E-state index < -0.39 is 15.8 Å². The van der Waals surface area contributed by atoms with Crippen molar-refractivity contribution in [3.8, 4) is 0 Å². The summed E-state index contributed by atoms with van der Waals surface area (Å²) in [6.45, 7) is 0.120. The van der Waals surface area contributed by atoms with Crippen LogP contribution in [0.5, 0.6) is 0 Å². The van der Waals surface area contributed by atoms with Crippen LogP contribution in [0.15, 0.2) is 46.1 Å². The summed E-state index contributed by atoms with van der Waals surface area (Å²) >= 11 is 0. The Morgan fingerprint density at radius 3 is 2.74 bits per heavy atom. The molecule has 0 spiro atoms. The summed E-state index contributed by atoms with van der Waals surface area (Å²) in [7, 11) is -2.45. The molecule has 7 heteroatoms. The van der Waals surface area contributed by atoms with Crippen molar-refractivity contribution in [2.24, 2.45) is 0 Å². The van der Waals surface area contributed by atoms with Gasteiger partial charge in [-0.2, -0.15) is 4.31 Å². The Morgan fingerprint density at radius 2 is 2.11 bits per heavy atom. The van der Waals surface area contributed by atoms with Gasteiger partial charge in [-0.25, -0.2) is 12.8 Å². The summed E-state index contributed by atoms with van der Waals surface area (Å²) in [5.74, 6) is -0.752. The second kappa shape index (κ2) is 5.02. The van der Waals surface area contributed by atoms with Crippen LogP contribution >= 0.6 is 0 Å². The van der Waals surface area contributed by atoms with Gasteiger partial charge in [0.2, 0.25) is 10.0 Å². The largest absolute Gasteiger partial charge is 0.472 e. The Kier molecular flexibility index (Phi) is 3.59. The number of nitrogens with zero attached hydrogens (tertiary/aromatic N) is 1. The number of nitrogens with two attached hydrogens (primary N) is 1. The Hall–Kier alpha value is -1.86. The number of benzene rings is 1. The summed E-state index contributed by atoms with van der Waals surface area (Å²) in [5, 5.41) is 0. The third-order valence-corrected chi connectivity index (χ3v) is 4.55. The van der Waals surface area contributed by atoms with Crippen LogP contribution in [-0.4, -0.2) is 19.8 Å². The number of hydrogen-bond donors (Lipinski definition) is 1. The van der Waals surface area contributed by atoms with Crippen LogP contribution in [0, 0.1) is 5.82 Å². The van der Waals surface area contributed by atoms with Crippen molar-refractivity contribution in [2.45, 2.75) is 11.4 Å². The van der Waals surface area contributed by atoms with Crippen LogP contribution in [0.2, 0.25) is 0 Å². The maximum Gasteiger partial charge on any atom is 0.245 e. The minimum atomic E-state index is -3.84. The average molecular weight is 284 g/mol. The molecule has 2 aromatic rings. The highest BCUT2D eigenvalue weighted by atomic mass is 32.2. The summed E-state index contributed by atoms with van der Waals surface area (Å²) in [6, 6.07) is 5.36. The van der Waals surface area contributed by atoms with Gasteiger partial charge in [0.25, 0.3) is 0 Å². The van der Waals surface area contributed by atoms with Crippen molar-refractivity contribution in [1.82, 2.24) is 4.31 Å². The van der Waals surface area contributed by atoms with E-state index in [1.54, 1.807) is 6.07 Å². The molecular formula is C12H13FN2O3S. The lowest BCUT2D eigenvalue weighted by Crippen LogP contribution is -2.27. The van der Waals surface area contributed by atoms with E-state index in [4.69, 9.17) is 10.2 Å². The van der Waals surface area contributed by atoms with Crippen molar-refractivity contribution < 1.29 is 17.2 Å². The molecule has 0 aliphatic carbocycles. The van der Waals surface area contributed by atoms with Crippen molar-refractivity contribution in [3.63, 3.8) is 0 Å². The molecule has 0 aliphatic rings. The van der Waals surface area contributed by atoms with Crippen LogP contribution in [0.4, 0.5) is 10.1 Å². The van der Waals surface area contributed by atoms with Gasteiger partial charge < -0.3 is 10.2 Å². The minimum absolute atomic E-state index is 0.120. The molecule has 0 fully saturated rings. The Balaban J connectivity index is 2.34. The molecule has 0 atom stereocenters. The molecule has 0 saturated carbocycles. The van der Waals surface area contributed by atoms with Gasteiger partial charge in [-0.05, 0) is 18.2 Å². The predicted octanol–water partition coefficient (Wildman–Crippen LogP) is 1.82. The number of anilines is 1. The highest BCUT2D eigenvalue weighted by Crippen LogP contribution is 2.24. The average Bonchev–Trinajstić information content (AvgIpc) is 2.85. The number of halogens is 1. The first-order valence-electron chi connectivity index (χ1n) is 5.44. The lowest BCUT2D eigenvalue weighted by atomic mass is 10.3. The fraction of sp³-hybridized carbons (Fsp3) is 0.167. The topological polar surface area (TPSA) is 76.5 Å². The van der Waals surface area contributed by atoms with E-state index in [0.717, 1.165) is 10.4 Å². The molecule has 0 bridgehead atoms. The maximum absolute atomic E-state index is 13.3. The first-order chi connectivity index (χ1) is 8.93. The number of hydrogen-bond acceptors (Lipinski definition) is 4. The van der Waals surface area contributed by atoms with Crippen molar-refractivity contribution in [2.75, 3.05) is 12.8 Å². The minimum Gasteiger partial charge on any atom is -0.472 e. The van der Waals surface area contributed by atoms with Crippen molar-refractivity contribution in [1.29, 1.82) is 0 Å². The van der Waals surface area contributed by atoms with Gasteiger partial charge in [-0.15, -0.1) is 0 Å². The zero-order valence-electron chi connectivity index (χ0n) is 10.2. The Morgan fingerprint density at radius 1 is 1.37 bits per heavy atom. The molecule has 1 aromatic carbocycles. The van der Waals surface area contributed by atoms with E-state index >= 15 is 0 Å². The molecule has 102 valence electrons. The molecule has 1 aromatic heterocycles. The normalized spacial score (nSPS) is 11.9. The van der Waals surface area contributed by atoms with Crippen molar-refractivity contribution in [3.05, 3.63) is 48.2 Å². The highest BCUT2D eigenvalue weighted by molar-refractivity contribution is 7.89. The Labute approximate surface area is 110 Å². The summed E-state index contributed by atoms with van der Waals surface area (Å²) in [6.07, 6.45) is 2.90. The van der Waals surface area contributed by atoms with Gasteiger partial charge in [0.1, 0.15) is 10.7 Å². The van der Waals surface area contributed by atoms with Crippen LogP contribution in [0.1, 0.15) is 5.56 Å². The van der Waals surface area contributed by atoms with Gasteiger partial charge in [0.05, 0.1) is 18.2 Å². The number of rotatable bonds is 4. The molecule has 0 unspecified atom stereocenters. The van der Waals surface area contributed by atoms with E-state index in [0.29, 0.717) is 5.56 Å². The van der Waals surface area contributed by atoms with Gasteiger partial charge in [-0.1, -0.05) is 6.07 Å². The zero-order chi connectivity index (χ0) is 14.0. The number of para-hydroxylation sites is 1. The van der Waals surface area contributed by atoms with Gasteiger partial charge in [0.15, 0.2) is 0 Å². The monoisotopic (exact) mass is 284 g/mol. The van der Waals surface area contributed by atoms with Crippen molar-refractivity contribution >= 4 is 15.7 Å². The lowest BCUT2D eigenvalue weighted by molar-refractivity contribution is 0.463. The fourth-order valence-electron chi connectivity index (χ4n) is 1.63.